The molecule has 12 heavy (non-hydrogen) atoms. The number of imide groups is 1. The van der Waals surface area contributed by atoms with Crippen molar-refractivity contribution in [1.82, 2.24) is 5.32 Å². The summed E-state index contributed by atoms with van der Waals surface area (Å²) in [5.41, 5.74) is 4.65. The van der Waals surface area contributed by atoms with E-state index in [0.29, 0.717) is 6.42 Å². The Labute approximate surface area is 69.6 Å². The van der Waals surface area contributed by atoms with Crippen LogP contribution in [0.3, 0.4) is 0 Å². The molecule has 0 aromatic carbocycles. The Morgan fingerprint density at radius 3 is 1.83 bits per heavy atom. The third-order valence-electron chi connectivity index (χ3n) is 0.981. The predicted molar refractivity (Wildman–Crippen MR) is 41.8 cm³/mol. The van der Waals surface area contributed by atoms with E-state index in [1.807, 2.05) is 5.32 Å². The first-order chi connectivity index (χ1) is 5.56. The van der Waals surface area contributed by atoms with Crippen molar-refractivity contribution in [2.45, 2.75) is 13.3 Å². The second-order valence-corrected chi connectivity index (χ2v) is 2.01. The normalized spacial score (nSPS) is 13.4. The highest BCUT2D eigenvalue weighted by Crippen LogP contribution is 1.82. The van der Waals surface area contributed by atoms with Crippen LogP contribution in [0.5, 0.6) is 0 Å². The van der Waals surface area contributed by atoms with Gasteiger partial charge in [-0.15, -0.1) is 0 Å². The van der Waals surface area contributed by atoms with Crippen molar-refractivity contribution in [2.24, 2.45) is 5.73 Å². The van der Waals surface area contributed by atoms with Gasteiger partial charge < -0.3 is 5.73 Å². The van der Waals surface area contributed by atoms with Crippen molar-refractivity contribution in [3.8, 4) is 0 Å². The molecule has 5 nitrogen and oxygen atoms in total. The van der Waals surface area contributed by atoms with Crippen LogP contribution in [0, 0.1) is 0 Å². The van der Waals surface area contributed by atoms with Crippen molar-refractivity contribution >= 4 is 17.7 Å². The first-order valence-electron chi connectivity index (χ1n) is 3.37. The molecule has 0 aromatic heterocycles. The first kappa shape index (κ1) is 10.3. The van der Waals surface area contributed by atoms with Gasteiger partial charge in [0.1, 0.15) is 0 Å². The Bertz CT molecular complexity index is 217. The molecule has 0 atom stereocenters. The Kier molecular flexibility index (Phi) is 4.36. The third kappa shape index (κ3) is 5.16. The molecule has 0 fully saturated rings. The summed E-state index contributed by atoms with van der Waals surface area (Å²) in [4.78, 5) is 29.7. The SMILES string of the molecule is CCC(N)=O.O=C1C=CC(=O)N1. The van der Waals surface area contributed by atoms with E-state index in [1.165, 1.54) is 12.2 Å². The van der Waals surface area contributed by atoms with Crippen LogP contribution < -0.4 is 11.1 Å². The minimum absolute atomic E-state index is 0.245. The van der Waals surface area contributed by atoms with Gasteiger partial charge in [-0.05, 0) is 0 Å². The third-order valence-corrected chi connectivity index (χ3v) is 0.981. The molecule has 66 valence electrons. The fourth-order valence-electron chi connectivity index (χ4n) is 0.356. The van der Waals surface area contributed by atoms with E-state index in [0.717, 1.165) is 0 Å². The van der Waals surface area contributed by atoms with Crippen LogP contribution in [0.4, 0.5) is 0 Å². The highest BCUT2D eigenvalue weighted by atomic mass is 16.2. The monoisotopic (exact) mass is 170 g/mol. The first-order valence-corrected chi connectivity index (χ1v) is 3.37. The average Bonchev–Trinajstić information content (AvgIpc) is 2.36. The second-order valence-electron chi connectivity index (χ2n) is 2.01. The van der Waals surface area contributed by atoms with Crippen LogP contribution in [-0.2, 0) is 14.4 Å². The van der Waals surface area contributed by atoms with Crippen molar-refractivity contribution in [2.75, 3.05) is 0 Å². The Morgan fingerprint density at radius 2 is 1.75 bits per heavy atom. The number of rotatable bonds is 1. The molecule has 1 aliphatic heterocycles. The summed E-state index contributed by atoms with van der Waals surface area (Å²) in [5.74, 6) is -0.903. The maximum atomic E-state index is 10.0. The average molecular weight is 170 g/mol. The molecule has 1 rings (SSSR count). The van der Waals surface area contributed by atoms with E-state index in [-0.39, 0.29) is 17.7 Å². The van der Waals surface area contributed by atoms with E-state index in [1.54, 1.807) is 6.92 Å². The van der Waals surface area contributed by atoms with Crippen LogP contribution in [-0.4, -0.2) is 17.7 Å². The summed E-state index contributed by atoms with van der Waals surface area (Å²) in [6.45, 7) is 1.72. The van der Waals surface area contributed by atoms with Crippen molar-refractivity contribution in [3.63, 3.8) is 0 Å². The lowest BCUT2D eigenvalue weighted by atomic mass is 10.5. The topological polar surface area (TPSA) is 89.3 Å². The molecule has 0 aromatic rings. The number of nitrogens with two attached hydrogens (primary N) is 1. The van der Waals surface area contributed by atoms with Gasteiger partial charge in [-0.3, -0.25) is 19.7 Å². The summed E-state index contributed by atoms with van der Waals surface area (Å²) < 4.78 is 0. The van der Waals surface area contributed by atoms with Gasteiger partial charge in [0, 0.05) is 18.6 Å². The van der Waals surface area contributed by atoms with Crippen LogP contribution >= 0.6 is 0 Å². The molecule has 0 aliphatic carbocycles. The standard InChI is InChI=1S/C4H3NO2.C3H7NO/c6-3-1-2-4(7)5-3;1-2-3(4)5/h1-2H,(H,5,6,7);2H2,1H3,(H2,4,5). The zero-order valence-electron chi connectivity index (χ0n) is 6.66. The zero-order chi connectivity index (χ0) is 9.56. The number of amides is 3. The Balaban J connectivity index is 0.000000217. The summed E-state index contributed by atoms with van der Waals surface area (Å²) in [6, 6.07) is 0. The van der Waals surface area contributed by atoms with Gasteiger partial charge in [-0.2, -0.15) is 0 Å². The molecule has 1 aliphatic rings. The fraction of sp³-hybridized carbons (Fsp3) is 0.286. The van der Waals surface area contributed by atoms with Crippen molar-refractivity contribution in [1.29, 1.82) is 0 Å². The van der Waals surface area contributed by atoms with E-state index in [4.69, 9.17) is 0 Å². The van der Waals surface area contributed by atoms with Gasteiger partial charge >= 0.3 is 0 Å². The summed E-state index contributed by atoms with van der Waals surface area (Å²) in [5, 5.41) is 2.03. The zero-order valence-corrected chi connectivity index (χ0v) is 6.66. The van der Waals surface area contributed by atoms with E-state index in [9.17, 15) is 14.4 Å². The molecular weight excluding hydrogens is 160 g/mol. The fourth-order valence-corrected chi connectivity index (χ4v) is 0.356. The van der Waals surface area contributed by atoms with Gasteiger partial charge in [-0.1, -0.05) is 6.92 Å². The lowest BCUT2D eigenvalue weighted by Crippen LogP contribution is -2.19. The second kappa shape index (κ2) is 5.06. The number of carbonyl (C=O) groups excluding carboxylic acids is 3. The van der Waals surface area contributed by atoms with Gasteiger partial charge in [0.15, 0.2) is 0 Å². The van der Waals surface area contributed by atoms with Crippen molar-refractivity contribution < 1.29 is 14.4 Å². The predicted octanol–water partition coefficient (Wildman–Crippen LogP) is -0.919. The molecule has 5 heteroatoms. The number of hydrogen-bond donors (Lipinski definition) is 2. The minimum atomic E-state index is -0.329. The van der Waals surface area contributed by atoms with Gasteiger partial charge in [0.05, 0.1) is 0 Å². The largest absolute Gasteiger partial charge is 0.370 e. The van der Waals surface area contributed by atoms with Crippen LogP contribution in [0.15, 0.2) is 12.2 Å². The Hall–Kier alpha value is -1.65. The molecule has 3 amide bonds. The maximum absolute atomic E-state index is 10.0. The number of primary amides is 1. The minimum Gasteiger partial charge on any atom is -0.370 e. The summed E-state index contributed by atoms with van der Waals surface area (Å²) >= 11 is 0. The lowest BCUT2D eigenvalue weighted by Gasteiger charge is -1.80. The molecule has 0 radical (unpaired) electrons. The van der Waals surface area contributed by atoms with Crippen LogP contribution in [0.25, 0.3) is 0 Å². The number of nitrogens with one attached hydrogen (secondary N) is 1. The van der Waals surface area contributed by atoms with Crippen molar-refractivity contribution in [3.05, 3.63) is 12.2 Å². The smallest absolute Gasteiger partial charge is 0.250 e. The number of carbonyl (C=O) groups is 3. The molecule has 0 spiro atoms. The number of hydrogen-bond acceptors (Lipinski definition) is 3. The molecule has 0 unspecified atom stereocenters. The molecule has 1 heterocycles. The highest BCUT2D eigenvalue weighted by Gasteiger charge is 2.06. The quantitative estimate of drug-likeness (QED) is 0.499. The summed E-state index contributed by atoms with van der Waals surface area (Å²) in [7, 11) is 0. The van der Waals surface area contributed by atoms with Gasteiger partial charge in [0.2, 0.25) is 5.91 Å². The highest BCUT2D eigenvalue weighted by molar-refractivity contribution is 6.12. The Morgan fingerprint density at radius 1 is 1.42 bits per heavy atom. The van der Waals surface area contributed by atoms with E-state index >= 15 is 0 Å². The molecule has 0 saturated carbocycles. The van der Waals surface area contributed by atoms with Crippen LogP contribution in [0.1, 0.15) is 13.3 Å². The van der Waals surface area contributed by atoms with Gasteiger partial charge in [0.25, 0.3) is 11.8 Å². The lowest BCUT2D eigenvalue weighted by molar-refractivity contribution is -0.123. The molecular formula is C7H10N2O3. The molecule has 0 bridgehead atoms. The van der Waals surface area contributed by atoms with Gasteiger partial charge in [-0.25, -0.2) is 0 Å². The van der Waals surface area contributed by atoms with E-state index in [2.05, 4.69) is 5.73 Å². The maximum Gasteiger partial charge on any atom is 0.250 e. The summed E-state index contributed by atoms with van der Waals surface area (Å²) in [6.07, 6.45) is 2.84. The molecule has 3 N–H and O–H groups in total. The van der Waals surface area contributed by atoms with E-state index < -0.39 is 0 Å². The molecule has 0 saturated heterocycles. The van der Waals surface area contributed by atoms with Crippen LogP contribution in [0.2, 0.25) is 0 Å².